The number of nitrogens with one attached hydrogen (secondary N) is 1. The van der Waals surface area contributed by atoms with Crippen LogP contribution in [0.2, 0.25) is 0 Å². The van der Waals surface area contributed by atoms with Crippen molar-refractivity contribution in [2.45, 2.75) is 30.0 Å². The van der Waals surface area contributed by atoms with E-state index in [-0.39, 0.29) is 17.6 Å². The molecule has 3 aliphatic rings. The number of fused-ring (bicyclic) bond motifs is 2. The minimum absolute atomic E-state index is 0.0696. The summed E-state index contributed by atoms with van der Waals surface area (Å²) in [6.45, 7) is 0. The number of amides is 1. The van der Waals surface area contributed by atoms with Crippen LogP contribution < -0.4 is 5.32 Å². The molecule has 1 N–H and O–H groups in total. The van der Waals surface area contributed by atoms with Gasteiger partial charge in [-0.05, 0) is 73.6 Å². The molecular weight excluding hydrogens is 324 g/mol. The highest BCUT2D eigenvalue weighted by molar-refractivity contribution is 6.51. The van der Waals surface area contributed by atoms with E-state index in [1.54, 1.807) is 12.1 Å². The van der Waals surface area contributed by atoms with E-state index in [1.165, 1.54) is 12.1 Å². The number of benzene rings is 1. The summed E-state index contributed by atoms with van der Waals surface area (Å²) >= 11 is 12.6. The van der Waals surface area contributed by atoms with Crippen molar-refractivity contribution in [3.05, 3.63) is 30.1 Å². The Hall–Kier alpha value is -0.800. The van der Waals surface area contributed by atoms with Crippen molar-refractivity contribution in [1.82, 2.24) is 0 Å². The molecule has 0 aliphatic heterocycles. The van der Waals surface area contributed by atoms with Crippen molar-refractivity contribution in [3.63, 3.8) is 0 Å². The summed E-state index contributed by atoms with van der Waals surface area (Å²) in [5, 5.41) is 2.91. The molecule has 0 spiro atoms. The van der Waals surface area contributed by atoms with Gasteiger partial charge in [0.15, 0.2) is 0 Å². The summed E-state index contributed by atoms with van der Waals surface area (Å²) in [6, 6.07) is 5.92. The van der Waals surface area contributed by atoms with E-state index in [4.69, 9.17) is 23.2 Å². The molecule has 0 aromatic heterocycles. The lowest BCUT2D eigenvalue weighted by atomic mass is 10.0. The van der Waals surface area contributed by atoms with Crippen LogP contribution in [-0.2, 0) is 4.79 Å². The third-order valence-corrected chi connectivity index (χ3v) is 6.85. The van der Waals surface area contributed by atoms with Gasteiger partial charge in [-0.1, -0.05) is 0 Å². The molecule has 0 bridgehead atoms. The Morgan fingerprint density at radius 2 is 1.59 bits per heavy atom. The second kappa shape index (κ2) is 5.10. The normalized spacial score (nSPS) is 38.0. The van der Waals surface area contributed by atoms with E-state index in [0.29, 0.717) is 29.4 Å². The van der Waals surface area contributed by atoms with E-state index in [1.807, 2.05) is 0 Å². The van der Waals surface area contributed by atoms with Gasteiger partial charge < -0.3 is 5.32 Å². The zero-order valence-electron chi connectivity index (χ0n) is 12.1. The minimum atomic E-state index is -0.511. The van der Waals surface area contributed by atoms with E-state index in [0.717, 1.165) is 25.7 Å². The molecule has 2 nitrogen and oxygen atoms in total. The minimum Gasteiger partial charge on any atom is -0.326 e. The van der Waals surface area contributed by atoms with Crippen LogP contribution in [0, 0.1) is 35.4 Å². The van der Waals surface area contributed by atoms with E-state index in [2.05, 4.69) is 5.32 Å². The van der Waals surface area contributed by atoms with Crippen molar-refractivity contribution >= 4 is 34.8 Å². The summed E-state index contributed by atoms with van der Waals surface area (Å²) < 4.78 is 12.4. The van der Waals surface area contributed by atoms with Gasteiger partial charge in [-0.3, -0.25) is 4.79 Å². The van der Waals surface area contributed by atoms with Gasteiger partial charge in [0, 0.05) is 11.6 Å². The van der Waals surface area contributed by atoms with Gasteiger partial charge in [-0.2, -0.15) is 0 Å². The number of carbonyl (C=O) groups excluding carboxylic acids is 1. The van der Waals surface area contributed by atoms with Crippen LogP contribution in [0.3, 0.4) is 0 Å². The Balaban J connectivity index is 1.37. The molecule has 3 saturated carbocycles. The maximum absolute atomic E-state index is 12.9. The van der Waals surface area contributed by atoms with Gasteiger partial charge in [0.25, 0.3) is 0 Å². The van der Waals surface area contributed by atoms with Crippen LogP contribution in [0.5, 0.6) is 0 Å². The van der Waals surface area contributed by atoms with E-state index in [9.17, 15) is 9.18 Å². The number of halogens is 3. The molecule has 0 radical (unpaired) electrons. The topological polar surface area (TPSA) is 29.1 Å². The molecule has 1 unspecified atom stereocenters. The molecule has 0 saturated heterocycles. The first-order valence-corrected chi connectivity index (χ1v) is 8.68. The molecule has 4 rings (SSSR count). The summed E-state index contributed by atoms with van der Waals surface area (Å²) in [5.74, 6) is 1.63. The van der Waals surface area contributed by atoms with E-state index >= 15 is 0 Å². The molecule has 3 fully saturated rings. The molecular formula is C17H18Cl2FNO. The van der Waals surface area contributed by atoms with Crippen LogP contribution in [-0.4, -0.2) is 10.2 Å². The molecule has 5 heteroatoms. The SMILES string of the molecule is O=C(Nc1ccc(F)cc1)C1[C@H]2CC[C@@H]3[C@H](CC[C@@H]12)C3(Cl)Cl. The van der Waals surface area contributed by atoms with Crippen molar-refractivity contribution in [2.24, 2.45) is 29.6 Å². The number of alkyl halides is 2. The second-order valence-electron chi connectivity index (χ2n) is 6.89. The lowest BCUT2D eigenvalue weighted by molar-refractivity contribution is -0.117. The molecule has 3 aliphatic carbocycles. The van der Waals surface area contributed by atoms with Gasteiger partial charge in [0.2, 0.25) is 5.91 Å². The van der Waals surface area contributed by atoms with E-state index < -0.39 is 4.33 Å². The number of hydrogen-bond acceptors (Lipinski definition) is 1. The number of anilines is 1. The van der Waals surface area contributed by atoms with Crippen molar-refractivity contribution < 1.29 is 9.18 Å². The summed E-state index contributed by atoms with van der Waals surface area (Å²) in [7, 11) is 0. The lowest BCUT2D eigenvalue weighted by Crippen LogP contribution is -2.15. The van der Waals surface area contributed by atoms with Gasteiger partial charge in [0.05, 0.1) is 0 Å². The monoisotopic (exact) mass is 341 g/mol. The lowest BCUT2D eigenvalue weighted by Gasteiger charge is -2.05. The van der Waals surface area contributed by atoms with Crippen LogP contribution in [0.4, 0.5) is 10.1 Å². The number of rotatable bonds is 2. The Morgan fingerprint density at radius 1 is 1.05 bits per heavy atom. The fraction of sp³-hybridized carbons (Fsp3) is 0.588. The van der Waals surface area contributed by atoms with Crippen LogP contribution in [0.25, 0.3) is 0 Å². The Labute approximate surface area is 139 Å². The maximum Gasteiger partial charge on any atom is 0.228 e. The van der Waals surface area contributed by atoms with Gasteiger partial charge in [0.1, 0.15) is 10.2 Å². The average Bonchev–Trinajstić information content (AvgIpc) is 3.26. The molecule has 1 aromatic carbocycles. The van der Waals surface area contributed by atoms with Crippen molar-refractivity contribution in [2.75, 3.05) is 5.32 Å². The average molecular weight is 342 g/mol. The standard InChI is InChI=1S/C17H18Cl2FNO/c18-17(19)13-7-5-11-12(6-8-14(13)17)15(11)16(22)21-10-3-1-9(20)2-4-10/h1-4,11-15H,5-8H2,(H,21,22)/t11-,12+,13+,14-,15?. The predicted molar refractivity (Wildman–Crippen MR) is 85.4 cm³/mol. The summed E-state index contributed by atoms with van der Waals surface area (Å²) in [5.41, 5.74) is 0.661. The first kappa shape index (κ1) is 14.8. The zero-order chi connectivity index (χ0) is 15.5. The second-order valence-corrected chi connectivity index (χ2v) is 8.34. The molecule has 1 amide bonds. The van der Waals surface area contributed by atoms with Crippen LogP contribution >= 0.6 is 23.2 Å². The van der Waals surface area contributed by atoms with Crippen LogP contribution in [0.1, 0.15) is 25.7 Å². The summed E-state index contributed by atoms with van der Waals surface area (Å²) in [6.07, 6.45) is 4.13. The highest BCUT2D eigenvalue weighted by atomic mass is 35.5. The molecule has 22 heavy (non-hydrogen) atoms. The predicted octanol–water partition coefficient (Wildman–Crippen LogP) is 4.62. The molecule has 1 aromatic rings. The first-order chi connectivity index (χ1) is 10.5. The van der Waals surface area contributed by atoms with Crippen molar-refractivity contribution in [3.8, 4) is 0 Å². The maximum atomic E-state index is 12.9. The third kappa shape index (κ3) is 2.43. The van der Waals surface area contributed by atoms with Gasteiger partial charge in [-0.25, -0.2) is 4.39 Å². The largest absolute Gasteiger partial charge is 0.326 e. The van der Waals surface area contributed by atoms with Gasteiger partial charge >= 0.3 is 0 Å². The number of carbonyl (C=O) groups is 1. The molecule has 118 valence electrons. The van der Waals surface area contributed by atoms with Gasteiger partial charge in [-0.15, -0.1) is 23.2 Å². The van der Waals surface area contributed by atoms with Crippen LogP contribution in [0.15, 0.2) is 24.3 Å². The Morgan fingerprint density at radius 3 is 2.14 bits per heavy atom. The highest BCUT2D eigenvalue weighted by Gasteiger charge is 2.65. The van der Waals surface area contributed by atoms with Crippen molar-refractivity contribution in [1.29, 1.82) is 0 Å². The quantitative estimate of drug-likeness (QED) is 0.781. The fourth-order valence-corrected chi connectivity index (χ4v) is 5.29. The highest BCUT2D eigenvalue weighted by Crippen LogP contribution is 2.67. The summed E-state index contributed by atoms with van der Waals surface area (Å²) in [4.78, 5) is 12.4. The Bertz CT molecular complexity index is 581. The number of hydrogen-bond donors (Lipinski definition) is 1. The first-order valence-electron chi connectivity index (χ1n) is 7.92. The zero-order valence-corrected chi connectivity index (χ0v) is 13.6. The molecule has 5 atom stereocenters. The smallest absolute Gasteiger partial charge is 0.228 e. The fourth-order valence-electron chi connectivity index (χ4n) is 4.37. The Kier molecular flexibility index (Phi) is 3.43. The molecule has 0 heterocycles. The third-order valence-electron chi connectivity index (χ3n) is 5.73.